The Labute approximate surface area is 289 Å². The number of allylic oxidation sites excluding steroid dienone is 3. The highest BCUT2D eigenvalue weighted by Gasteiger charge is 2.36. The average Bonchev–Trinajstić information content (AvgIpc) is 3.38. The van der Waals surface area contributed by atoms with Crippen LogP contribution in [0.2, 0.25) is 0 Å². The van der Waals surface area contributed by atoms with Crippen molar-refractivity contribution in [3.05, 3.63) is 192 Å². The van der Waals surface area contributed by atoms with Crippen molar-refractivity contribution in [3.8, 4) is 22.3 Å². The molecular formula is C48H39N. The van der Waals surface area contributed by atoms with E-state index in [0.717, 1.165) is 12.1 Å². The first-order valence-corrected chi connectivity index (χ1v) is 17.4. The zero-order valence-electron chi connectivity index (χ0n) is 28.3. The van der Waals surface area contributed by atoms with Crippen LogP contribution < -0.4 is 4.90 Å². The highest BCUT2D eigenvalue weighted by molar-refractivity contribution is 5.97. The summed E-state index contributed by atoms with van der Waals surface area (Å²) in [6.45, 7) is 7.09. The maximum Gasteiger partial charge on any atom is 0.0464 e. The molecular weight excluding hydrogens is 591 g/mol. The molecule has 0 heterocycles. The van der Waals surface area contributed by atoms with Gasteiger partial charge >= 0.3 is 0 Å². The quantitative estimate of drug-likeness (QED) is 0.183. The molecule has 49 heavy (non-hydrogen) atoms. The summed E-state index contributed by atoms with van der Waals surface area (Å²) in [4.78, 5) is 2.45. The standard InChI is InChI=1S/C48H39N/c1-47(2)44-20-9-8-18-42(44)43-27-26-38(32-46(43)47)49(36-24-22-35(23-25-36)40-19-10-14-33-12-4-6-16-39(33)40)37-28-30-48(3,31-29-37)45-21-11-15-34-13-5-7-17-41(34)45/h4-30,32H,31H2,1-3H3. The minimum absolute atomic E-state index is 0.0739. The van der Waals surface area contributed by atoms with E-state index in [1.165, 1.54) is 71.9 Å². The molecule has 2 aliphatic rings. The minimum atomic E-state index is -0.101. The fourth-order valence-electron chi connectivity index (χ4n) is 8.36. The van der Waals surface area contributed by atoms with Gasteiger partial charge in [0.25, 0.3) is 0 Å². The van der Waals surface area contributed by atoms with Crippen LogP contribution in [-0.4, -0.2) is 0 Å². The van der Waals surface area contributed by atoms with Crippen LogP contribution in [0.4, 0.5) is 11.4 Å². The molecule has 0 amide bonds. The third-order valence-corrected chi connectivity index (χ3v) is 11.1. The van der Waals surface area contributed by atoms with Crippen molar-refractivity contribution in [3.63, 3.8) is 0 Å². The molecule has 1 atom stereocenters. The molecule has 0 fully saturated rings. The molecule has 0 bridgehead atoms. The third kappa shape index (κ3) is 4.76. The highest BCUT2D eigenvalue weighted by Crippen LogP contribution is 2.50. The number of fused-ring (bicyclic) bond motifs is 5. The Morgan fingerprint density at radius 3 is 1.86 bits per heavy atom. The number of anilines is 2. The smallest absolute Gasteiger partial charge is 0.0464 e. The molecule has 236 valence electrons. The van der Waals surface area contributed by atoms with Crippen molar-refractivity contribution < 1.29 is 0 Å². The average molecular weight is 630 g/mol. The molecule has 1 nitrogen and oxygen atoms in total. The number of hydrogen-bond donors (Lipinski definition) is 0. The van der Waals surface area contributed by atoms with E-state index in [9.17, 15) is 0 Å². The van der Waals surface area contributed by atoms with E-state index in [-0.39, 0.29) is 10.8 Å². The van der Waals surface area contributed by atoms with Crippen LogP contribution in [0.25, 0.3) is 43.8 Å². The van der Waals surface area contributed by atoms with Gasteiger partial charge in [0.05, 0.1) is 0 Å². The van der Waals surface area contributed by atoms with Gasteiger partial charge in [-0.25, -0.2) is 0 Å². The monoisotopic (exact) mass is 629 g/mol. The second-order valence-electron chi connectivity index (χ2n) is 14.4. The maximum atomic E-state index is 2.45. The van der Waals surface area contributed by atoms with E-state index >= 15 is 0 Å². The first kappa shape index (κ1) is 29.5. The van der Waals surface area contributed by atoms with Gasteiger partial charge in [-0.3, -0.25) is 0 Å². The summed E-state index contributed by atoms with van der Waals surface area (Å²) in [7, 11) is 0. The maximum absolute atomic E-state index is 2.45. The molecule has 1 heteroatoms. The van der Waals surface area contributed by atoms with Gasteiger partial charge in [-0.05, 0) is 97.3 Å². The second-order valence-corrected chi connectivity index (χ2v) is 14.4. The van der Waals surface area contributed by atoms with E-state index in [4.69, 9.17) is 0 Å². The summed E-state index contributed by atoms with van der Waals surface area (Å²) in [5, 5.41) is 5.16. The SMILES string of the molecule is CC1(c2cccc3ccccc23)C=CC(N(c2ccc(-c3cccc4ccccc34)cc2)c2ccc3c(c2)C(C)(C)c2ccccc2-3)=CC1. The summed E-state index contributed by atoms with van der Waals surface area (Å²) in [6, 6.07) is 55.8. The van der Waals surface area contributed by atoms with Crippen molar-refractivity contribution in [1.29, 1.82) is 0 Å². The molecule has 0 aromatic heterocycles. The molecule has 0 spiro atoms. The molecule has 7 aromatic carbocycles. The van der Waals surface area contributed by atoms with E-state index in [1.54, 1.807) is 0 Å². The van der Waals surface area contributed by atoms with Crippen molar-refractivity contribution in [2.75, 3.05) is 4.90 Å². The van der Waals surface area contributed by atoms with E-state index in [2.05, 4.69) is 196 Å². The van der Waals surface area contributed by atoms with Crippen LogP contribution in [0.5, 0.6) is 0 Å². The van der Waals surface area contributed by atoms with Crippen LogP contribution in [0.3, 0.4) is 0 Å². The van der Waals surface area contributed by atoms with Gasteiger partial charge in [0, 0.05) is 27.9 Å². The zero-order valence-corrected chi connectivity index (χ0v) is 28.3. The van der Waals surface area contributed by atoms with Gasteiger partial charge in [0.15, 0.2) is 0 Å². The Hall–Kier alpha value is -5.66. The largest absolute Gasteiger partial charge is 0.311 e. The summed E-state index contributed by atoms with van der Waals surface area (Å²) in [6.07, 6.45) is 8.12. The first-order chi connectivity index (χ1) is 23.9. The Kier molecular flexibility index (Phi) is 6.74. The van der Waals surface area contributed by atoms with Gasteiger partial charge < -0.3 is 4.90 Å². The molecule has 9 rings (SSSR count). The van der Waals surface area contributed by atoms with Gasteiger partial charge in [-0.1, -0.05) is 160 Å². The van der Waals surface area contributed by atoms with Gasteiger partial charge in [0.2, 0.25) is 0 Å². The van der Waals surface area contributed by atoms with Gasteiger partial charge in [-0.15, -0.1) is 0 Å². The normalized spacial score (nSPS) is 17.5. The predicted molar refractivity (Wildman–Crippen MR) is 209 cm³/mol. The van der Waals surface area contributed by atoms with Gasteiger partial charge in [0.1, 0.15) is 0 Å². The van der Waals surface area contributed by atoms with Crippen LogP contribution in [-0.2, 0) is 10.8 Å². The molecule has 0 radical (unpaired) electrons. The van der Waals surface area contributed by atoms with E-state index in [0.29, 0.717) is 0 Å². The lowest BCUT2D eigenvalue weighted by Crippen LogP contribution is -2.25. The summed E-state index contributed by atoms with van der Waals surface area (Å²) >= 11 is 0. The molecule has 7 aromatic rings. The first-order valence-electron chi connectivity index (χ1n) is 17.4. The molecule has 0 saturated carbocycles. The van der Waals surface area contributed by atoms with Crippen LogP contribution >= 0.6 is 0 Å². The topological polar surface area (TPSA) is 3.24 Å². The number of nitrogens with zero attached hydrogens (tertiary/aromatic N) is 1. The van der Waals surface area contributed by atoms with Crippen molar-refractivity contribution in [2.45, 2.75) is 38.0 Å². The van der Waals surface area contributed by atoms with Crippen molar-refractivity contribution in [2.24, 2.45) is 0 Å². The fourth-order valence-corrected chi connectivity index (χ4v) is 8.36. The van der Waals surface area contributed by atoms with Crippen molar-refractivity contribution in [1.82, 2.24) is 0 Å². The molecule has 1 unspecified atom stereocenters. The van der Waals surface area contributed by atoms with Crippen LogP contribution in [0.1, 0.15) is 43.9 Å². The Bertz CT molecular complexity index is 2450. The van der Waals surface area contributed by atoms with E-state index in [1.807, 2.05) is 0 Å². The molecule has 0 N–H and O–H groups in total. The third-order valence-electron chi connectivity index (χ3n) is 11.1. The van der Waals surface area contributed by atoms with Crippen LogP contribution in [0.15, 0.2) is 176 Å². The minimum Gasteiger partial charge on any atom is -0.311 e. The lowest BCUT2D eigenvalue weighted by Gasteiger charge is -2.34. The zero-order chi connectivity index (χ0) is 33.2. The molecule has 0 saturated heterocycles. The summed E-state index contributed by atoms with van der Waals surface area (Å²) in [5.74, 6) is 0. The van der Waals surface area contributed by atoms with Crippen LogP contribution in [0, 0.1) is 0 Å². The molecule has 2 aliphatic carbocycles. The summed E-state index contributed by atoms with van der Waals surface area (Å²) in [5.41, 5.74) is 12.7. The highest BCUT2D eigenvalue weighted by atomic mass is 15.1. The lowest BCUT2D eigenvalue weighted by atomic mass is 9.75. The van der Waals surface area contributed by atoms with Gasteiger partial charge in [-0.2, -0.15) is 0 Å². The number of rotatable bonds is 5. The molecule has 0 aliphatic heterocycles. The number of hydrogen-bond acceptors (Lipinski definition) is 1. The Morgan fingerprint density at radius 1 is 0.490 bits per heavy atom. The van der Waals surface area contributed by atoms with Crippen molar-refractivity contribution >= 4 is 32.9 Å². The summed E-state index contributed by atoms with van der Waals surface area (Å²) < 4.78 is 0. The predicted octanol–water partition coefficient (Wildman–Crippen LogP) is 12.9. The Balaban J connectivity index is 1.15. The number of benzene rings is 7. The Morgan fingerprint density at radius 2 is 1.08 bits per heavy atom. The lowest BCUT2D eigenvalue weighted by molar-refractivity contribution is 0.600. The second kappa shape index (κ2) is 11.2. The van der Waals surface area contributed by atoms with E-state index < -0.39 is 0 Å². The fraction of sp³-hybridized carbons (Fsp3) is 0.125.